The zero-order chi connectivity index (χ0) is 14.4. The molecule has 0 spiro atoms. The maximum absolute atomic E-state index is 12.9. The average molecular weight is 282 g/mol. The van der Waals surface area contributed by atoms with Crippen LogP contribution in [0, 0.1) is 17.7 Å². The molecule has 1 N–H and O–H groups in total. The Balaban J connectivity index is 2.67. The fourth-order valence-electron chi connectivity index (χ4n) is 1.86. The second-order valence-corrected chi connectivity index (χ2v) is 6.02. The Morgan fingerprint density at radius 3 is 2.00 bits per heavy atom. The summed E-state index contributed by atoms with van der Waals surface area (Å²) < 4.78 is 12.9. The van der Waals surface area contributed by atoms with Gasteiger partial charge >= 0.3 is 0 Å². The van der Waals surface area contributed by atoms with Crippen molar-refractivity contribution in [3.8, 4) is 0 Å². The largest absolute Gasteiger partial charge is 0.349 e. The van der Waals surface area contributed by atoms with Crippen molar-refractivity contribution in [1.29, 1.82) is 0 Å². The van der Waals surface area contributed by atoms with E-state index in [0.29, 0.717) is 16.9 Å². The molecule has 0 bridgehead atoms. The molecular formula is C15H23FN2S. The molecule has 2 nitrogen and oxygen atoms in total. The molecule has 0 unspecified atom stereocenters. The summed E-state index contributed by atoms with van der Waals surface area (Å²) in [6.45, 7) is 10.5. The minimum atomic E-state index is -0.238. The van der Waals surface area contributed by atoms with Gasteiger partial charge in [0.05, 0.1) is 0 Å². The van der Waals surface area contributed by atoms with Crippen molar-refractivity contribution in [3.05, 3.63) is 30.1 Å². The number of rotatable bonds is 5. The van der Waals surface area contributed by atoms with E-state index in [1.165, 1.54) is 12.1 Å². The van der Waals surface area contributed by atoms with E-state index in [-0.39, 0.29) is 5.82 Å². The monoisotopic (exact) mass is 282 g/mol. The fourth-order valence-corrected chi connectivity index (χ4v) is 2.12. The van der Waals surface area contributed by atoms with Crippen molar-refractivity contribution < 1.29 is 4.39 Å². The zero-order valence-corrected chi connectivity index (χ0v) is 12.9. The summed E-state index contributed by atoms with van der Waals surface area (Å²) in [5.74, 6) is 0.858. The molecule has 0 aromatic heterocycles. The van der Waals surface area contributed by atoms with Crippen molar-refractivity contribution in [3.63, 3.8) is 0 Å². The van der Waals surface area contributed by atoms with Crippen LogP contribution in [0.25, 0.3) is 0 Å². The molecule has 1 aromatic rings. The van der Waals surface area contributed by atoms with Crippen LogP contribution < -0.4 is 5.32 Å². The Bertz CT molecular complexity index is 391. The summed E-state index contributed by atoms with van der Waals surface area (Å²) in [5, 5.41) is 3.87. The molecule has 0 aliphatic rings. The van der Waals surface area contributed by atoms with Crippen LogP contribution in [0.2, 0.25) is 0 Å². The van der Waals surface area contributed by atoms with E-state index in [2.05, 4.69) is 37.9 Å². The van der Waals surface area contributed by atoms with E-state index in [9.17, 15) is 4.39 Å². The average Bonchev–Trinajstić information content (AvgIpc) is 2.30. The zero-order valence-electron chi connectivity index (χ0n) is 12.1. The van der Waals surface area contributed by atoms with Gasteiger partial charge < -0.3 is 10.2 Å². The SMILES string of the molecule is CC(C)CN(CC(C)C)C(=S)Nc1ccc(F)cc1. The number of thiocarbonyl (C=S) groups is 1. The molecule has 1 rings (SSSR count). The topological polar surface area (TPSA) is 15.3 Å². The molecule has 0 amide bonds. The van der Waals surface area contributed by atoms with Crippen LogP contribution in [0.3, 0.4) is 0 Å². The maximum atomic E-state index is 12.9. The molecule has 0 saturated heterocycles. The highest BCUT2D eigenvalue weighted by molar-refractivity contribution is 7.80. The van der Waals surface area contributed by atoms with Gasteiger partial charge in [0.25, 0.3) is 0 Å². The number of anilines is 1. The van der Waals surface area contributed by atoms with Crippen LogP contribution in [-0.2, 0) is 0 Å². The number of hydrogen-bond donors (Lipinski definition) is 1. The van der Waals surface area contributed by atoms with Crippen molar-refractivity contribution in [2.24, 2.45) is 11.8 Å². The van der Waals surface area contributed by atoms with E-state index in [0.717, 1.165) is 18.8 Å². The summed E-state index contributed by atoms with van der Waals surface area (Å²) >= 11 is 5.45. The van der Waals surface area contributed by atoms with Gasteiger partial charge in [0, 0.05) is 18.8 Å². The molecule has 19 heavy (non-hydrogen) atoms. The highest BCUT2D eigenvalue weighted by Gasteiger charge is 2.13. The van der Waals surface area contributed by atoms with Gasteiger partial charge in [-0.05, 0) is 48.3 Å². The number of nitrogens with zero attached hydrogens (tertiary/aromatic N) is 1. The number of hydrogen-bond acceptors (Lipinski definition) is 1. The lowest BCUT2D eigenvalue weighted by atomic mass is 10.1. The Morgan fingerprint density at radius 2 is 1.58 bits per heavy atom. The van der Waals surface area contributed by atoms with E-state index in [1.807, 2.05) is 0 Å². The highest BCUT2D eigenvalue weighted by atomic mass is 32.1. The van der Waals surface area contributed by atoms with Crippen LogP contribution in [-0.4, -0.2) is 23.1 Å². The lowest BCUT2D eigenvalue weighted by Crippen LogP contribution is -2.39. The smallest absolute Gasteiger partial charge is 0.173 e. The summed E-state index contributed by atoms with van der Waals surface area (Å²) in [4.78, 5) is 2.17. The van der Waals surface area contributed by atoms with Crippen LogP contribution in [0.5, 0.6) is 0 Å². The van der Waals surface area contributed by atoms with Gasteiger partial charge in [-0.1, -0.05) is 27.7 Å². The van der Waals surface area contributed by atoms with Crippen LogP contribution in [0.1, 0.15) is 27.7 Å². The quantitative estimate of drug-likeness (QED) is 0.817. The molecule has 0 aliphatic carbocycles. The van der Waals surface area contributed by atoms with E-state index >= 15 is 0 Å². The summed E-state index contributed by atoms with van der Waals surface area (Å²) in [5.41, 5.74) is 0.823. The summed E-state index contributed by atoms with van der Waals surface area (Å²) in [6.07, 6.45) is 0. The van der Waals surface area contributed by atoms with Gasteiger partial charge in [-0.15, -0.1) is 0 Å². The lowest BCUT2D eigenvalue weighted by molar-refractivity contribution is 0.332. The lowest BCUT2D eigenvalue weighted by Gasteiger charge is -2.29. The molecular weight excluding hydrogens is 259 g/mol. The Kier molecular flexibility index (Phi) is 6.22. The second kappa shape index (κ2) is 7.43. The standard InChI is InChI=1S/C15H23FN2S/c1-11(2)9-18(10-12(3)4)15(19)17-14-7-5-13(16)6-8-14/h5-8,11-12H,9-10H2,1-4H3,(H,17,19). The molecule has 0 heterocycles. The first-order valence-corrected chi connectivity index (χ1v) is 7.10. The molecule has 4 heteroatoms. The van der Waals surface area contributed by atoms with E-state index in [1.54, 1.807) is 12.1 Å². The minimum absolute atomic E-state index is 0.238. The third-order valence-corrected chi connectivity index (χ3v) is 2.91. The van der Waals surface area contributed by atoms with Crippen LogP contribution in [0.15, 0.2) is 24.3 Å². The number of halogens is 1. The normalized spacial score (nSPS) is 10.9. The van der Waals surface area contributed by atoms with Crippen molar-refractivity contribution >= 4 is 23.0 Å². The van der Waals surface area contributed by atoms with Gasteiger partial charge in [-0.3, -0.25) is 0 Å². The molecule has 0 fully saturated rings. The molecule has 0 saturated carbocycles. The fraction of sp³-hybridized carbons (Fsp3) is 0.533. The number of nitrogens with one attached hydrogen (secondary N) is 1. The van der Waals surface area contributed by atoms with Gasteiger partial charge in [0.15, 0.2) is 5.11 Å². The molecule has 0 atom stereocenters. The van der Waals surface area contributed by atoms with Crippen LogP contribution in [0.4, 0.5) is 10.1 Å². The molecule has 106 valence electrons. The first kappa shape index (κ1) is 15.9. The maximum Gasteiger partial charge on any atom is 0.173 e. The van der Waals surface area contributed by atoms with E-state index in [4.69, 9.17) is 12.2 Å². The Labute approximate surface area is 121 Å². The van der Waals surface area contributed by atoms with Crippen molar-refractivity contribution in [2.75, 3.05) is 18.4 Å². The van der Waals surface area contributed by atoms with Crippen molar-refractivity contribution in [2.45, 2.75) is 27.7 Å². The predicted octanol–water partition coefficient (Wildman–Crippen LogP) is 4.14. The first-order valence-electron chi connectivity index (χ1n) is 6.70. The van der Waals surface area contributed by atoms with E-state index < -0.39 is 0 Å². The summed E-state index contributed by atoms with van der Waals surface area (Å²) in [7, 11) is 0. The number of benzene rings is 1. The van der Waals surface area contributed by atoms with Gasteiger partial charge in [0.1, 0.15) is 5.82 Å². The van der Waals surface area contributed by atoms with Gasteiger partial charge in [0.2, 0.25) is 0 Å². The summed E-state index contributed by atoms with van der Waals surface area (Å²) in [6, 6.07) is 6.26. The molecule has 0 aliphatic heterocycles. The minimum Gasteiger partial charge on any atom is -0.349 e. The van der Waals surface area contributed by atoms with Crippen LogP contribution >= 0.6 is 12.2 Å². The first-order chi connectivity index (χ1) is 8.88. The van der Waals surface area contributed by atoms with Crippen molar-refractivity contribution in [1.82, 2.24) is 4.90 Å². The Morgan fingerprint density at radius 1 is 1.11 bits per heavy atom. The van der Waals surface area contributed by atoms with Gasteiger partial charge in [-0.25, -0.2) is 4.39 Å². The highest BCUT2D eigenvalue weighted by Crippen LogP contribution is 2.11. The predicted molar refractivity (Wildman–Crippen MR) is 83.9 cm³/mol. The molecule has 0 radical (unpaired) electrons. The second-order valence-electron chi connectivity index (χ2n) is 5.63. The van der Waals surface area contributed by atoms with Gasteiger partial charge in [-0.2, -0.15) is 0 Å². The third-order valence-electron chi connectivity index (χ3n) is 2.55. The third kappa shape index (κ3) is 6.01. The molecule has 1 aromatic carbocycles. The Hall–Kier alpha value is -1.16.